The number of hydrogen-bond acceptors (Lipinski definition) is 5. The molecule has 2 N–H and O–H groups in total. The zero-order valence-electron chi connectivity index (χ0n) is 9.91. The molecule has 6 nitrogen and oxygen atoms in total. The summed E-state index contributed by atoms with van der Waals surface area (Å²) in [4.78, 5) is 22.2. The van der Waals surface area contributed by atoms with Gasteiger partial charge in [0.25, 0.3) is 5.69 Å². The van der Waals surface area contributed by atoms with Crippen LogP contribution in [0.15, 0.2) is 24.3 Å². The number of rotatable bonds is 3. The lowest BCUT2D eigenvalue weighted by molar-refractivity contribution is -0.384. The van der Waals surface area contributed by atoms with Crippen LogP contribution in [-0.4, -0.2) is 28.3 Å². The summed E-state index contributed by atoms with van der Waals surface area (Å²) in [5.74, 6) is 5.74. The second-order valence-corrected chi connectivity index (χ2v) is 4.42. The number of nitro benzene ring substituents is 1. The van der Waals surface area contributed by atoms with E-state index in [2.05, 4.69) is 0 Å². The second kappa shape index (κ2) is 5.24. The van der Waals surface area contributed by atoms with Gasteiger partial charge in [-0.15, -0.1) is 0 Å². The van der Waals surface area contributed by atoms with Crippen molar-refractivity contribution < 1.29 is 9.72 Å². The quantitative estimate of drug-likeness (QED) is 0.379. The van der Waals surface area contributed by atoms with Crippen molar-refractivity contribution in [3.63, 3.8) is 0 Å². The zero-order valence-corrected chi connectivity index (χ0v) is 9.91. The molecular weight excluding hydrogens is 234 g/mol. The van der Waals surface area contributed by atoms with Crippen LogP contribution in [0.4, 0.5) is 5.69 Å². The number of nitrogens with zero attached hydrogens (tertiary/aromatic N) is 2. The highest BCUT2D eigenvalue weighted by Gasteiger charge is 2.27. The predicted octanol–water partition coefficient (Wildman–Crippen LogP) is 1.51. The Kier molecular flexibility index (Phi) is 3.69. The maximum atomic E-state index is 12.2. The maximum Gasteiger partial charge on any atom is 0.269 e. The van der Waals surface area contributed by atoms with E-state index in [1.807, 2.05) is 0 Å². The number of hydrazine groups is 1. The van der Waals surface area contributed by atoms with Crippen LogP contribution in [0.5, 0.6) is 0 Å². The highest BCUT2D eigenvalue weighted by molar-refractivity contribution is 6.00. The Morgan fingerprint density at radius 2 is 2.00 bits per heavy atom. The monoisotopic (exact) mass is 249 g/mol. The number of Topliss-reactive ketones (excluding diaryl/α,β-unsaturated/α-hetero) is 1. The molecule has 96 valence electrons. The fourth-order valence-corrected chi connectivity index (χ4v) is 2.18. The molecule has 0 saturated carbocycles. The summed E-state index contributed by atoms with van der Waals surface area (Å²) >= 11 is 0. The zero-order chi connectivity index (χ0) is 13.1. The minimum absolute atomic E-state index is 0.0141. The van der Waals surface area contributed by atoms with E-state index in [1.165, 1.54) is 24.3 Å². The van der Waals surface area contributed by atoms with E-state index in [0.29, 0.717) is 12.1 Å². The van der Waals surface area contributed by atoms with Crippen LogP contribution in [-0.2, 0) is 0 Å². The van der Waals surface area contributed by atoms with Crippen LogP contribution in [0, 0.1) is 10.1 Å². The average molecular weight is 249 g/mol. The number of non-ortho nitro benzene ring substituents is 1. The Bertz CT molecular complexity index is 458. The SMILES string of the molecule is NN1CCCCC1C(=O)c1ccc([N+](=O)[O-])cc1. The minimum atomic E-state index is -0.482. The van der Waals surface area contributed by atoms with Gasteiger partial charge in [0.15, 0.2) is 5.78 Å². The summed E-state index contributed by atoms with van der Waals surface area (Å²) in [6.45, 7) is 0.712. The summed E-state index contributed by atoms with van der Waals surface area (Å²) in [6, 6.07) is 5.36. The molecule has 1 aliphatic heterocycles. The Labute approximate surface area is 104 Å². The smallest absolute Gasteiger partial charge is 0.269 e. The number of carbonyl (C=O) groups is 1. The van der Waals surface area contributed by atoms with E-state index in [0.717, 1.165) is 19.3 Å². The molecule has 1 unspecified atom stereocenters. The van der Waals surface area contributed by atoms with Gasteiger partial charge in [-0.05, 0) is 25.0 Å². The van der Waals surface area contributed by atoms with Crippen molar-refractivity contribution >= 4 is 11.5 Å². The summed E-state index contributed by atoms with van der Waals surface area (Å²) in [5.41, 5.74) is 0.461. The lowest BCUT2D eigenvalue weighted by Gasteiger charge is -2.30. The van der Waals surface area contributed by atoms with Crippen LogP contribution in [0.1, 0.15) is 29.6 Å². The second-order valence-electron chi connectivity index (χ2n) is 4.42. The first-order valence-electron chi connectivity index (χ1n) is 5.89. The number of carbonyl (C=O) groups excluding carboxylic acids is 1. The number of hydrogen-bond donors (Lipinski definition) is 1. The van der Waals surface area contributed by atoms with Gasteiger partial charge in [-0.2, -0.15) is 0 Å². The molecule has 1 aliphatic rings. The van der Waals surface area contributed by atoms with E-state index in [9.17, 15) is 14.9 Å². The lowest BCUT2D eigenvalue weighted by Crippen LogP contribution is -2.48. The predicted molar refractivity (Wildman–Crippen MR) is 66.0 cm³/mol. The van der Waals surface area contributed by atoms with Crippen LogP contribution in [0.3, 0.4) is 0 Å². The number of benzene rings is 1. The van der Waals surface area contributed by atoms with Gasteiger partial charge >= 0.3 is 0 Å². The molecular formula is C12H15N3O3. The van der Waals surface area contributed by atoms with Crippen molar-refractivity contribution in [2.75, 3.05) is 6.54 Å². The average Bonchev–Trinajstić information content (AvgIpc) is 2.38. The van der Waals surface area contributed by atoms with Gasteiger partial charge in [-0.3, -0.25) is 20.8 Å². The van der Waals surface area contributed by atoms with Crippen molar-refractivity contribution in [2.24, 2.45) is 5.84 Å². The van der Waals surface area contributed by atoms with Crippen LogP contribution in [0.2, 0.25) is 0 Å². The van der Waals surface area contributed by atoms with Gasteiger partial charge in [-0.1, -0.05) is 6.42 Å². The Balaban J connectivity index is 2.15. The van der Waals surface area contributed by atoms with Gasteiger partial charge in [-0.25, -0.2) is 5.01 Å². The molecule has 0 aromatic heterocycles. The third-order valence-electron chi connectivity index (χ3n) is 3.21. The third kappa shape index (κ3) is 2.55. The van der Waals surface area contributed by atoms with Gasteiger partial charge < -0.3 is 0 Å². The van der Waals surface area contributed by atoms with Gasteiger partial charge in [0, 0.05) is 24.2 Å². The summed E-state index contributed by atoms with van der Waals surface area (Å²) in [7, 11) is 0. The standard InChI is InChI=1S/C12H15N3O3/c13-14-8-2-1-3-11(14)12(16)9-4-6-10(7-5-9)15(17)18/h4-7,11H,1-3,8,13H2. The number of ketones is 1. The Morgan fingerprint density at radius 3 is 2.56 bits per heavy atom. The molecule has 0 radical (unpaired) electrons. The minimum Gasteiger partial charge on any atom is -0.292 e. The van der Waals surface area contributed by atoms with Gasteiger partial charge in [0.05, 0.1) is 11.0 Å². The Hall–Kier alpha value is -1.79. The summed E-state index contributed by atoms with van der Waals surface area (Å²) in [5, 5.41) is 12.1. The molecule has 1 aromatic carbocycles. The van der Waals surface area contributed by atoms with Crippen molar-refractivity contribution in [1.29, 1.82) is 0 Å². The first-order valence-corrected chi connectivity index (χ1v) is 5.89. The van der Waals surface area contributed by atoms with Crippen LogP contribution >= 0.6 is 0 Å². The molecule has 1 aromatic rings. The summed E-state index contributed by atoms with van der Waals surface area (Å²) in [6.07, 6.45) is 2.73. The van der Waals surface area contributed by atoms with E-state index in [1.54, 1.807) is 5.01 Å². The molecule has 1 saturated heterocycles. The fourth-order valence-electron chi connectivity index (χ4n) is 2.18. The fraction of sp³-hybridized carbons (Fsp3) is 0.417. The van der Waals surface area contributed by atoms with Crippen molar-refractivity contribution in [1.82, 2.24) is 5.01 Å². The molecule has 1 atom stereocenters. The first-order chi connectivity index (χ1) is 8.59. The third-order valence-corrected chi connectivity index (χ3v) is 3.21. The molecule has 0 amide bonds. The van der Waals surface area contributed by atoms with Gasteiger partial charge in [0.2, 0.25) is 0 Å². The van der Waals surface area contributed by atoms with Crippen LogP contribution in [0.25, 0.3) is 0 Å². The van der Waals surface area contributed by atoms with E-state index in [-0.39, 0.29) is 17.5 Å². The van der Waals surface area contributed by atoms with Gasteiger partial charge in [0.1, 0.15) is 0 Å². The van der Waals surface area contributed by atoms with Crippen molar-refractivity contribution in [3.8, 4) is 0 Å². The molecule has 0 aliphatic carbocycles. The van der Waals surface area contributed by atoms with E-state index >= 15 is 0 Å². The molecule has 0 bridgehead atoms. The molecule has 0 spiro atoms. The summed E-state index contributed by atoms with van der Waals surface area (Å²) < 4.78 is 0. The van der Waals surface area contributed by atoms with E-state index < -0.39 is 4.92 Å². The molecule has 1 fully saturated rings. The normalized spacial score (nSPS) is 20.6. The maximum absolute atomic E-state index is 12.2. The van der Waals surface area contributed by atoms with Crippen molar-refractivity contribution in [2.45, 2.75) is 25.3 Å². The lowest BCUT2D eigenvalue weighted by atomic mass is 9.96. The number of nitro groups is 1. The number of nitrogens with two attached hydrogens (primary N) is 1. The topological polar surface area (TPSA) is 89.5 Å². The molecule has 18 heavy (non-hydrogen) atoms. The number of piperidine rings is 1. The van der Waals surface area contributed by atoms with Crippen LogP contribution < -0.4 is 5.84 Å². The largest absolute Gasteiger partial charge is 0.292 e. The highest BCUT2D eigenvalue weighted by Crippen LogP contribution is 2.19. The molecule has 6 heteroatoms. The highest BCUT2D eigenvalue weighted by atomic mass is 16.6. The first kappa shape index (κ1) is 12.7. The molecule has 2 rings (SSSR count). The van der Waals surface area contributed by atoms with E-state index in [4.69, 9.17) is 5.84 Å². The molecule has 1 heterocycles. The van der Waals surface area contributed by atoms with Crippen molar-refractivity contribution in [3.05, 3.63) is 39.9 Å². The Morgan fingerprint density at radius 1 is 1.33 bits per heavy atom.